The van der Waals surface area contributed by atoms with Crippen LogP contribution in [0.3, 0.4) is 0 Å². The molecular formula is C15H30OSi. The van der Waals surface area contributed by atoms with Gasteiger partial charge in [-0.05, 0) is 68.5 Å². The van der Waals surface area contributed by atoms with Gasteiger partial charge in [-0.15, -0.1) is 0 Å². The summed E-state index contributed by atoms with van der Waals surface area (Å²) < 4.78 is 6.53. The lowest BCUT2D eigenvalue weighted by Gasteiger charge is -2.41. The van der Waals surface area contributed by atoms with Gasteiger partial charge in [-0.3, -0.25) is 0 Å². The van der Waals surface area contributed by atoms with Crippen LogP contribution in [-0.2, 0) is 4.43 Å². The van der Waals surface area contributed by atoms with Gasteiger partial charge in [0.25, 0.3) is 0 Å². The van der Waals surface area contributed by atoms with Crippen LogP contribution in [0.25, 0.3) is 0 Å². The summed E-state index contributed by atoms with van der Waals surface area (Å²) in [5, 5.41) is 0.361. The highest BCUT2D eigenvalue weighted by atomic mass is 28.4. The molecule has 0 spiro atoms. The molecule has 2 aliphatic rings. The smallest absolute Gasteiger partial charge is 0.192 e. The highest BCUT2D eigenvalue weighted by Crippen LogP contribution is 2.45. The molecule has 0 bridgehead atoms. The third-order valence-electron chi connectivity index (χ3n) is 5.28. The Morgan fingerprint density at radius 2 is 1.24 bits per heavy atom. The molecule has 0 aromatic carbocycles. The van der Waals surface area contributed by atoms with Gasteiger partial charge < -0.3 is 4.43 Å². The number of hydrogen-bond donors (Lipinski definition) is 0. The van der Waals surface area contributed by atoms with E-state index in [0.29, 0.717) is 11.1 Å². The molecule has 2 fully saturated rings. The standard InChI is InChI=1S/C15H30OSi/c1-15(2,3)17(4,5)16-14-10-8-13(9-11-14)12-6-7-12/h12-14H,6-11H2,1-5H3/t13-,14-. The minimum absolute atomic E-state index is 0.361. The van der Waals surface area contributed by atoms with Crippen molar-refractivity contribution in [3.05, 3.63) is 0 Å². The van der Waals surface area contributed by atoms with Crippen molar-refractivity contribution >= 4 is 8.32 Å². The van der Waals surface area contributed by atoms with E-state index in [1.54, 1.807) is 0 Å². The summed E-state index contributed by atoms with van der Waals surface area (Å²) >= 11 is 0. The molecular weight excluding hydrogens is 224 g/mol. The molecule has 0 saturated heterocycles. The van der Waals surface area contributed by atoms with Crippen molar-refractivity contribution < 1.29 is 4.43 Å². The summed E-state index contributed by atoms with van der Waals surface area (Å²) in [4.78, 5) is 0. The Hall–Kier alpha value is 0.177. The van der Waals surface area contributed by atoms with Crippen LogP contribution in [0.1, 0.15) is 59.3 Å². The minimum Gasteiger partial charge on any atom is -0.414 e. The normalized spacial score (nSPS) is 31.6. The van der Waals surface area contributed by atoms with Crippen LogP contribution in [0.4, 0.5) is 0 Å². The van der Waals surface area contributed by atoms with Crippen molar-refractivity contribution in [2.45, 2.75) is 83.5 Å². The van der Waals surface area contributed by atoms with E-state index in [-0.39, 0.29) is 0 Å². The van der Waals surface area contributed by atoms with Crippen molar-refractivity contribution in [3.63, 3.8) is 0 Å². The Morgan fingerprint density at radius 3 is 1.59 bits per heavy atom. The number of hydrogen-bond acceptors (Lipinski definition) is 1. The van der Waals surface area contributed by atoms with Gasteiger partial charge in [-0.2, -0.15) is 0 Å². The predicted molar refractivity (Wildman–Crippen MR) is 76.8 cm³/mol. The summed E-state index contributed by atoms with van der Waals surface area (Å²) in [7, 11) is -1.53. The van der Waals surface area contributed by atoms with Crippen molar-refractivity contribution in [2.75, 3.05) is 0 Å². The van der Waals surface area contributed by atoms with Crippen LogP contribution < -0.4 is 0 Å². The first-order valence-electron chi connectivity index (χ1n) is 7.47. The van der Waals surface area contributed by atoms with Crippen molar-refractivity contribution in [2.24, 2.45) is 11.8 Å². The van der Waals surface area contributed by atoms with Gasteiger partial charge in [-0.1, -0.05) is 20.8 Å². The third-order valence-corrected chi connectivity index (χ3v) is 9.81. The van der Waals surface area contributed by atoms with E-state index in [0.717, 1.165) is 11.8 Å². The van der Waals surface area contributed by atoms with Gasteiger partial charge in [0.2, 0.25) is 0 Å². The first kappa shape index (κ1) is 13.6. The summed E-state index contributed by atoms with van der Waals surface area (Å²) in [6.07, 6.45) is 9.12. The molecule has 0 aromatic rings. The second-order valence-corrected chi connectivity index (χ2v) is 12.5. The molecule has 0 radical (unpaired) electrons. The molecule has 2 heteroatoms. The molecule has 0 N–H and O–H groups in total. The van der Waals surface area contributed by atoms with E-state index >= 15 is 0 Å². The fourth-order valence-electron chi connectivity index (χ4n) is 2.84. The van der Waals surface area contributed by atoms with E-state index in [1.807, 2.05) is 0 Å². The van der Waals surface area contributed by atoms with Crippen LogP contribution in [-0.4, -0.2) is 14.4 Å². The Labute approximate surface area is 108 Å². The van der Waals surface area contributed by atoms with Crippen LogP contribution in [0.15, 0.2) is 0 Å². The van der Waals surface area contributed by atoms with Crippen LogP contribution >= 0.6 is 0 Å². The number of rotatable bonds is 3. The molecule has 100 valence electrons. The zero-order valence-corrected chi connectivity index (χ0v) is 13.4. The summed E-state index contributed by atoms with van der Waals surface area (Å²) in [5.41, 5.74) is 0. The van der Waals surface area contributed by atoms with Gasteiger partial charge >= 0.3 is 0 Å². The van der Waals surface area contributed by atoms with E-state index in [4.69, 9.17) is 4.43 Å². The molecule has 2 saturated carbocycles. The molecule has 1 nitrogen and oxygen atoms in total. The second-order valence-electron chi connectivity index (χ2n) is 7.75. The average Bonchev–Trinajstić information content (AvgIpc) is 3.00. The monoisotopic (exact) mass is 254 g/mol. The molecule has 17 heavy (non-hydrogen) atoms. The van der Waals surface area contributed by atoms with Crippen LogP contribution in [0.2, 0.25) is 18.1 Å². The predicted octanol–water partition coefficient (Wildman–Crippen LogP) is 4.98. The summed E-state index contributed by atoms with van der Waals surface area (Å²) in [6.45, 7) is 11.8. The maximum Gasteiger partial charge on any atom is 0.192 e. The molecule has 2 rings (SSSR count). The second kappa shape index (κ2) is 4.69. The average molecular weight is 254 g/mol. The lowest BCUT2D eigenvalue weighted by molar-refractivity contribution is 0.111. The van der Waals surface area contributed by atoms with Crippen molar-refractivity contribution in [3.8, 4) is 0 Å². The fourth-order valence-corrected chi connectivity index (χ4v) is 4.26. The van der Waals surface area contributed by atoms with Gasteiger partial charge in [0.1, 0.15) is 0 Å². The van der Waals surface area contributed by atoms with Crippen LogP contribution in [0.5, 0.6) is 0 Å². The SMILES string of the molecule is CC(C)(C)[Si](C)(C)O[C@H]1CC[C@H](C2CC2)CC1. The van der Waals surface area contributed by atoms with Gasteiger partial charge in [-0.25, -0.2) is 0 Å². The molecule has 0 aromatic heterocycles. The van der Waals surface area contributed by atoms with E-state index in [9.17, 15) is 0 Å². The Kier molecular flexibility index (Phi) is 3.76. The van der Waals surface area contributed by atoms with E-state index in [2.05, 4.69) is 33.9 Å². The lowest BCUT2D eigenvalue weighted by atomic mass is 9.84. The van der Waals surface area contributed by atoms with Crippen LogP contribution in [0, 0.1) is 11.8 Å². The molecule has 0 aliphatic heterocycles. The highest BCUT2D eigenvalue weighted by molar-refractivity contribution is 6.74. The molecule has 0 unspecified atom stereocenters. The quantitative estimate of drug-likeness (QED) is 0.646. The van der Waals surface area contributed by atoms with Gasteiger partial charge in [0.15, 0.2) is 8.32 Å². The Bertz CT molecular complexity index is 255. The van der Waals surface area contributed by atoms with Crippen molar-refractivity contribution in [1.82, 2.24) is 0 Å². The molecule has 0 heterocycles. The topological polar surface area (TPSA) is 9.23 Å². The minimum atomic E-state index is -1.53. The Balaban J connectivity index is 1.80. The fraction of sp³-hybridized carbons (Fsp3) is 1.00. The first-order chi connectivity index (χ1) is 7.79. The van der Waals surface area contributed by atoms with Gasteiger partial charge in [0.05, 0.1) is 0 Å². The largest absolute Gasteiger partial charge is 0.414 e. The van der Waals surface area contributed by atoms with Crippen molar-refractivity contribution in [1.29, 1.82) is 0 Å². The third kappa shape index (κ3) is 3.34. The lowest BCUT2D eigenvalue weighted by Crippen LogP contribution is -2.44. The van der Waals surface area contributed by atoms with E-state index in [1.165, 1.54) is 38.5 Å². The molecule has 2 aliphatic carbocycles. The maximum absolute atomic E-state index is 6.53. The zero-order chi connectivity index (χ0) is 12.7. The summed E-state index contributed by atoms with van der Waals surface area (Å²) in [6, 6.07) is 0. The molecule has 0 amide bonds. The molecule has 0 atom stereocenters. The summed E-state index contributed by atoms with van der Waals surface area (Å²) in [5.74, 6) is 2.15. The highest BCUT2D eigenvalue weighted by Gasteiger charge is 2.41. The van der Waals surface area contributed by atoms with Gasteiger partial charge in [0, 0.05) is 6.10 Å². The Morgan fingerprint density at radius 1 is 0.824 bits per heavy atom. The maximum atomic E-state index is 6.53. The first-order valence-corrected chi connectivity index (χ1v) is 10.4. The zero-order valence-electron chi connectivity index (χ0n) is 12.4. The van der Waals surface area contributed by atoms with E-state index < -0.39 is 8.32 Å².